The Bertz CT molecular complexity index is 578. The molecule has 1 unspecified atom stereocenters. The zero-order chi connectivity index (χ0) is 14.7. The zero-order valence-corrected chi connectivity index (χ0v) is 14.1. The smallest absolute Gasteiger partial charge is 0.184 e. The molecule has 0 radical (unpaired) electrons. The Hall–Kier alpha value is -0.970. The van der Waals surface area contributed by atoms with Crippen molar-refractivity contribution in [1.29, 1.82) is 0 Å². The molecule has 0 aromatic heterocycles. The van der Waals surface area contributed by atoms with Crippen molar-refractivity contribution in [3.05, 3.63) is 69.2 Å². The fourth-order valence-corrected chi connectivity index (χ4v) is 2.56. The van der Waals surface area contributed by atoms with E-state index >= 15 is 0 Å². The highest BCUT2D eigenvalue weighted by Gasteiger charge is 2.25. The zero-order valence-electron chi connectivity index (χ0n) is 10.1. The predicted octanol–water partition coefficient (Wildman–Crippen LogP) is 4.93. The number of halogens is 3. The van der Waals surface area contributed by atoms with Gasteiger partial charge in [-0.15, -0.1) is 0 Å². The van der Waals surface area contributed by atoms with Crippen LogP contribution in [0.2, 0.25) is 5.02 Å². The van der Waals surface area contributed by atoms with Crippen LogP contribution < -0.4 is 0 Å². The molecular weight excluding hydrogens is 407 g/mol. The van der Waals surface area contributed by atoms with E-state index in [0.29, 0.717) is 16.1 Å². The van der Waals surface area contributed by atoms with E-state index in [1.54, 1.807) is 48.5 Å². The molecule has 0 aliphatic rings. The van der Waals surface area contributed by atoms with Crippen LogP contribution in [0.3, 0.4) is 0 Å². The number of ketones is 2. The summed E-state index contributed by atoms with van der Waals surface area (Å²) in [4.78, 5) is 23.5. The number of carbonyl (C=O) groups excluding carboxylic acids is 2. The standard InChI is InChI=1S/C15H9Br2ClO2/c16-11-5-1-9(2-6-11)14(19)13(17)15(20)10-3-7-12(18)8-4-10/h1-8,13H. The van der Waals surface area contributed by atoms with Gasteiger partial charge in [-0.1, -0.05) is 55.6 Å². The van der Waals surface area contributed by atoms with Gasteiger partial charge in [-0.3, -0.25) is 9.59 Å². The molecule has 0 fully saturated rings. The molecule has 2 aromatic rings. The van der Waals surface area contributed by atoms with Gasteiger partial charge in [0.1, 0.15) is 4.83 Å². The van der Waals surface area contributed by atoms with Crippen molar-refractivity contribution in [2.75, 3.05) is 0 Å². The van der Waals surface area contributed by atoms with Gasteiger partial charge in [0.2, 0.25) is 0 Å². The van der Waals surface area contributed by atoms with Crippen LogP contribution in [0.5, 0.6) is 0 Å². The summed E-state index contributed by atoms with van der Waals surface area (Å²) in [6, 6.07) is 13.3. The molecule has 0 heterocycles. The average Bonchev–Trinajstić information content (AvgIpc) is 2.46. The molecule has 0 aliphatic carbocycles. The Morgan fingerprint density at radius 2 is 1.25 bits per heavy atom. The highest BCUT2D eigenvalue weighted by atomic mass is 79.9. The maximum atomic E-state index is 12.2. The SMILES string of the molecule is O=C(c1ccc(Cl)cc1)C(Br)C(=O)c1ccc(Br)cc1. The van der Waals surface area contributed by atoms with Gasteiger partial charge in [0.05, 0.1) is 0 Å². The Morgan fingerprint density at radius 1 is 0.850 bits per heavy atom. The third-order valence-corrected chi connectivity index (χ3v) is 4.33. The summed E-state index contributed by atoms with van der Waals surface area (Å²) in [5.74, 6) is -0.549. The maximum Gasteiger partial charge on any atom is 0.184 e. The minimum atomic E-state index is -0.898. The van der Waals surface area contributed by atoms with Gasteiger partial charge in [-0.25, -0.2) is 0 Å². The summed E-state index contributed by atoms with van der Waals surface area (Å²) >= 11 is 12.3. The first-order valence-electron chi connectivity index (χ1n) is 5.72. The lowest BCUT2D eigenvalue weighted by Crippen LogP contribution is -2.24. The molecule has 0 aliphatic heterocycles. The molecule has 0 bridgehead atoms. The third kappa shape index (κ3) is 3.57. The number of Topliss-reactive ketones (excluding diaryl/α,β-unsaturated/α-hetero) is 2. The van der Waals surface area contributed by atoms with Crippen LogP contribution in [-0.2, 0) is 0 Å². The quantitative estimate of drug-likeness (QED) is 0.402. The lowest BCUT2D eigenvalue weighted by molar-refractivity contribution is 0.0906. The first-order chi connectivity index (χ1) is 9.49. The largest absolute Gasteiger partial charge is 0.292 e. The Morgan fingerprint density at radius 3 is 1.70 bits per heavy atom. The molecule has 0 N–H and O–H groups in total. The molecule has 0 spiro atoms. The number of rotatable bonds is 4. The minimum Gasteiger partial charge on any atom is -0.292 e. The molecule has 2 aromatic carbocycles. The van der Waals surface area contributed by atoms with Crippen LogP contribution in [0.25, 0.3) is 0 Å². The fourth-order valence-electron chi connectivity index (χ4n) is 1.64. The summed E-state index contributed by atoms with van der Waals surface area (Å²) in [6.07, 6.45) is 0. The summed E-state index contributed by atoms with van der Waals surface area (Å²) in [5, 5.41) is 0.548. The molecule has 5 heteroatoms. The average molecular weight is 416 g/mol. The summed E-state index contributed by atoms with van der Waals surface area (Å²) in [6.45, 7) is 0. The first-order valence-corrected chi connectivity index (χ1v) is 7.81. The number of hydrogen-bond donors (Lipinski definition) is 0. The van der Waals surface area contributed by atoms with E-state index in [0.717, 1.165) is 4.47 Å². The van der Waals surface area contributed by atoms with Crippen molar-refractivity contribution in [3.8, 4) is 0 Å². The molecule has 1 atom stereocenters. The van der Waals surface area contributed by atoms with Gasteiger partial charge in [0, 0.05) is 20.6 Å². The molecule has 0 saturated heterocycles. The minimum absolute atomic E-state index is 0.266. The van der Waals surface area contributed by atoms with Crippen molar-refractivity contribution in [3.63, 3.8) is 0 Å². The molecule has 2 nitrogen and oxygen atoms in total. The van der Waals surface area contributed by atoms with Gasteiger partial charge in [-0.05, 0) is 36.4 Å². The monoisotopic (exact) mass is 414 g/mol. The normalized spacial score (nSPS) is 11.9. The number of hydrogen-bond acceptors (Lipinski definition) is 2. The van der Waals surface area contributed by atoms with Crippen molar-refractivity contribution >= 4 is 55.0 Å². The van der Waals surface area contributed by atoms with Crippen LogP contribution in [0, 0.1) is 0 Å². The predicted molar refractivity (Wildman–Crippen MR) is 87.0 cm³/mol. The Kier molecular flexibility index (Phi) is 5.13. The van der Waals surface area contributed by atoms with Gasteiger partial charge in [-0.2, -0.15) is 0 Å². The van der Waals surface area contributed by atoms with Crippen LogP contribution in [0.1, 0.15) is 20.7 Å². The topological polar surface area (TPSA) is 34.1 Å². The van der Waals surface area contributed by atoms with E-state index in [4.69, 9.17) is 11.6 Å². The number of alkyl halides is 1. The molecule has 20 heavy (non-hydrogen) atoms. The van der Waals surface area contributed by atoms with Crippen LogP contribution in [-0.4, -0.2) is 16.4 Å². The molecule has 0 saturated carbocycles. The highest BCUT2D eigenvalue weighted by molar-refractivity contribution is 9.10. The maximum absolute atomic E-state index is 12.2. The molecule has 0 amide bonds. The second-order valence-electron chi connectivity index (χ2n) is 4.10. The Labute approximate surface area is 138 Å². The van der Waals surface area contributed by atoms with Crippen molar-refractivity contribution < 1.29 is 9.59 Å². The van der Waals surface area contributed by atoms with E-state index in [2.05, 4.69) is 31.9 Å². The number of carbonyl (C=O) groups is 2. The summed E-state index contributed by atoms with van der Waals surface area (Å²) in [5.41, 5.74) is 0.930. The second-order valence-corrected chi connectivity index (χ2v) is 6.37. The van der Waals surface area contributed by atoms with Crippen LogP contribution in [0.4, 0.5) is 0 Å². The fraction of sp³-hybridized carbons (Fsp3) is 0.0667. The lowest BCUT2D eigenvalue weighted by atomic mass is 10.0. The Balaban J connectivity index is 2.20. The van der Waals surface area contributed by atoms with E-state index in [1.807, 2.05) is 0 Å². The molecule has 102 valence electrons. The summed E-state index contributed by atoms with van der Waals surface area (Å²) < 4.78 is 0.879. The van der Waals surface area contributed by atoms with Crippen LogP contribution >= 0.6 is 43.5 Å². The molecule has 2 rings (SSSR count). The number of benzene rings is 2. The second kappa shape index (κ2) is 6.66. The van der Waals surface area contributed by atoms with E-state index in [-0.39, 0.29) is 11.6 Å². The van der Waals surface area contributed by atoms with E-state index < -0.39 is 4.83 Å². The van der Waals surface area contributed by atoms with Gasteiger partial charge >= 0.3 is 0 Å². The van der Waals surface area contributed by atoms with Gasteiger partial charge < -0.3 is 0 Å². The van der Waals surface area contributed by atoms with Crippen molar-refractivity contribution in [1.82, 2.24) is 0 Å². The van der Waals surface area contributed by atoms with E-state index in [9.17, 15) is 9.59 Å². The van der Waals surface area contributed by atoms with E-state index in [1.165, 1.54) is 0 Å². The van der Waals surface area contributed by atoms with Crippen LogP contribution in [0.15, 0.2) is 53.0 Å². The first kappa shape index (κ1) is 15.4. The van der Waals surface area contributed by atoms with Gasteiger partial charge in [0.25, 0.3) is 0 Å². The molecular formula is C15H9Br2ClO2. The van der Waals surface area contributed by atoms with Crippen molar-refractivity contribution in [2.45, 2.75) is 4.83 Å². The highest BCUT2D eigenvalue weighted by Crippen LogP contribution is 2.19. The lowest BCUT2D eigenvalue weighted by Gasteiger charge is -2.08. The van der Waals surface area contributed by atoms with Gasteiger partial charge in [0.15, 0.2) is 11.6 Å². The third-order valence-electron chi connectivity index (χ3n) is 2.72. The summed E-state index contributed by atoms with van der Waals surface area (Å²) in [7, 11) is 0. The van der Waals surface area contributed by atoms with Crippen molar-refractivity contribution in [2.24, 2.45) is 0 Å².